The van der Waals surface area contributed by atoms with Crippen molar-refractivity contribution in [2.45, 2.75) is 38.3 Å². The molecule has 0 spiro atoms. The first-order valence-electron chi connectivity index (χ1n) is 5.37. The van der Waals surface area contributed by atoms with Crippen LogP contribution in [0.3, 0.4) is 0 Å². The van der Waals surface area contributed by atoms with E-state index in [1.54, 1.807) is 0 Å². The van der Waals surface area contributed by atoms with E-state index in [4.69, 9.17) is 4.74 Å². The smallest absolute Gasteiger partial charge is 0.0500 e. The van der Waals surface area contributed by atoms with Crippen LogP contribution >= 0.6 is 33.1 Å². The fraction of sp³-hybridized carbons (Fsp3) is 1.00. The van der Waals surface area contributed by atoms with Crippen LogP contribution in [0.25, 0.3) is 0 Å². The number of unbranched alkanes of at least 4 members (excludes halogenated alkanes) is 1. The van der Waals surface area contributed by atoms with Gasteiger partial charge < -0.3 is 4.74 Å². The molecule has 1 heterocycles. The van der Waals surface area contributed by atoms with Crippen LogP contribution in [0.15, 0.2) is 0 Å². The second kappa shape index (κ2) is 7.87. The van der Waals surface area contributed by atoms with Crippen LogP contribution in [-0.2, 0) is 4.74 Å². The fourth-order valence-electron chi connectivity index (χ4n) is 1.99. The minimum atomic E-state index is 0.175. The lowest BCUT2D eigenvalue weighted by Gasteiger charge is -2.35. The lowest BCUT2D eigenvalue weighted by Crippen LogP contribution is -2.29. The van der Waals surface area contributed by atoms with Crippen molar-refractivity contribution >= 4 is 33.1 Å². The monoisotopic (exact) mass is 270 g/mol. The molecule has 0 amide bonds. The molecular formula is C9H22OP4. The van der Waals surface area contributed by atoms with Crippen molar-refractivity contribution in [2.75, 3.05) is 13.2 Å². The molecule has 1 saturated heterocycles. The summed E-state index contributed by atoms with van der Waals surface area (Å²) in [7, 11) is 7.23. The van der Waals surface area contributed by atoms with Crippen LogP contribution in [0.1, 0.15) is 32.6 Å². The van der Waals surface area contributed by atoms with Crippen molar-refractivity contribution in [3.63, 3.8) is 0 Å². The van der Waals surface area contributed by atoms with Crippen molar-refractivity contribution in [1.29, 1.82) is 0 Å². The zero-order valence-electron chi connectivity index (χ0n) is 8.91. The maximum absolute atomic E-state index is 5.60. The van der Waals surface area contributed by atoms with Crippen LogP contribution in [0.5, 0.6) is 0 Å². The summed E-state index contributed by atoms with van der Waals surface area (Å²) in [4.78, 5) is 0. The van der Waals surface area contributed by atoms with E-state index in [-0.39, 0.29) is 7.30 Å². The van der Waals surface area contributed by atoms with Crippen molar-refractivity contribution in [2.24, 2.45) is 5.92 Å². The Bertz CT molecular complexity index is 156. The van der Waals surface area contributed by atoms with Crippen LogP contribution in [0, 0.1) is 5.92 Å². The molecule has 4 unspecified atom stereocenters. The van der Waals surface area contributed by atoms with Crippen LogP contribution in [-0.4, -0.2) is 18.9 Å². The summed E-state index contributed by atoms with van der Waals surface area (Å²) in [6.45, 7) is 4.29. The Kier molecular flexibility index (Phi) is 7.73. The highest BCUT2D eigenvalue weighted by Crippen LogP contribution is 2.71. The molecule has 1 aliphatic heterocycles. The first kappa shape index (κ1) is 13.7. The van der Waals surface area contributed by atoms with E-state index in [1.165, 1.54) is 25.7 Å². The van der Waals surface area contributed by atoms with Gasteiger partial charge >= 0.3 is 0 Å². The van der Waals surface area contributed by atoms with Gasteiger partial charge in [-0.15, -0.1) is 17.9 Å². The molecule has 14 heavy (non-hydrogen) atoms. The molecule has 0 bridgehead atoms. The Hall–Kier alpha value is 1.68. The molecule has 0 saturated carbocycles. The van der Waals surface area contributed by atoms with E-state index in [9.17, 15) is 0 Å². The summed E-state index contributed by atoms with van der Waals surface area (Å²) in [6, 6.07) is 0. The maximum Gasteiger partial charge on any atom is 0.0500 e. The minimum absolute atomic E-state index is 0.175. The molecule has 5 heteroatoms. The summed E-state index contributed by atoms with van der Waals surface area (Å²) in [5.41, 5.74) is 0.950. The molecule has 0 radical (unpaired) electrons. The molecule has 0 aromatic heterocycles. The maximum atomic E-state index is 5.60. The number of ether oxygens (including phenoxy) is 1. The summed E-state index contributed by atoms with van der Waals surface area (Å²) < 4.78 is 5.60. The number of hydrogen-bond donors (Lipinski definition) is 0. The second-order valence-corrected chi connectivity index (χ2v) is 13.5. The van der Waals surface area contributed by atoms with Crippen molar-refractivity contribution < 1.29 is 4.74 Å². The normalized spacial score (nSPS) is 31.1. The highest BCUT2D eigenvalue weighted by Gasteiger charge is 2.28. The van der Waals surface area contributed by atoms with E-state index in [0.29, 0.717) is 0 Å². The van der Waals surface area contributed by atoms with E-state index >= 15 is 0 Å². The average Bonchev–Trinajstić information content (AvgIpc) is 2.25. The highest BCUT2D eigenvalue weighted by atomic mass is 32.6. The third-order valence-electron chi connectivity index (χ3n) is 2.87. The third-order valence-corrected chi connectivity index (χ3v) is 14.3. The summed E-state index contributed by atoms with van der Waals surface area (Å²) in [6.07, 6.45) is 5.37. The van der Waals surface area contributed by atoms with E-state index in [2.05, 4.69) is 24.8 Å². The number of rotatable bonds is 5. The predicted octanol–water partition coefficient (Wildman–Crippen LogP) is 4.24. The minimum Gasteiger partial charge on any atom is -0.381 e. The Morgan fingerprint density at radius 3 is 3.00 bits per heavy atom. The first-order chi connectivity index (χ1) is 6.79. The van der Waals surface area contributed by atoms with Crippen molar-refractivity contribution in [3.8, 4) is 0 Å². The first-order valence-corrected chi connectivity index (χ1v) is 12.1. The molecule has 0 N–H and O–H groups in total. The quantitative estimate of drug-likeness (QED) is 0.679. The van der Waals surface area contributed by atoms with Crippen LogP contribution < -0.4 is 0 Å². The van der Waals surface area contributed by atoms with Gasteiger partial charge in [-0.2, -0.15) is 0 Å². The fourth-order valence-corrected chi connectivity index (χ4v) is 7.75. The van der Waals surface area contributed by atoms with Gasteiger partial charge in [0.2, 0.25) is 0 Å². The molecule has 0 aliphatic carbocycles. The molecule has 84 valence electrons. The second-order valence-electron chi connectivity index (χ2n) is 3.87. The van der Waals surface area contributed by atoms with Gasteiger partial charge in [0.05, 0.1) is 6.61 Å². The van der Waals surface area contributed by atoms with Gasteiger partial charge in [-0.05, 0) is 24.4 Å². The molecule has 1 rings (SSSR count). The SMILES string of the molecule is CCCC[C@H]1COCC[C@H]1P(P)PP. The molecule has 1 aliphatic rings. The Morgan fingerprint density at radius 2 is 2.36 bits per heavy atom. The van der Waals surface area contributed by atoms with E-state index in [0.717, 1.165) is 32.7 Å². The summed E-state index contributed by atoms with van der Waals surface area (Å²) >= 11 is 0. The highest BCUT2D eigenvalue weighted by molar-refractivity contribution is 8.61. The molecule has 0 aromatic rings. The number of hydrogen-bond acceptors (Lipinski definition) is 1. The van der Waals surface area contributed by atoms with Gasteiger partial charge in [0.1, 0.15) is 0 Å². The van der Waals surface area contributed by atoms with Gasteiger partial charge in [0, 0.05) is 6.61 Å². The lowest BCUT2D eigenvalue weighted by atomic mass is 9.95. The van der Waals surface area contributed by atoms with E-state index in [1.807, 2.05) is 0 Å². The summed E-state index contributed by atoms with van der Waals surface area (Å²) in [5.74, 6) is 0.848. The lowest BCUT2D eigenvalue weighted by molar-refractivity contribution is 0.0547. The van der Waals surface area contributed by atoms with E-state index < -0.39 is 0 Å². The van der Waals surface area contributed by atoms with Crippen LogP contribution in [0.4, 0.5) is 0 Å². The van der Waals surface area contributed by atoms with Gasteiger partial charge in [-0.1, -0.05) is 35.0 Å². The Labute approximate surface area is 95.5 Å². The zero-order chi connectivity index (χ0) is 10.4. The third kappa shape index (κ3) is 4.28. The zero-order valence-corrected chi connectivity index (χ0v) is 13.1. The summed E-state index contributed by atoms with van der Waals surface area (Å²) in [5, 5.41) is 0. The molecule has 1 nitrogen and oxygen atoms in total. The Balaban J connectivity index is 2.41. The Morgan fingerprint density at radius 1 is 1.57 bits per heavy atom. The largest absolute Gasteiger partial charge is 0.381 e. The van der Waals surface area contributed by atoms with Gasteiger partial charge in [-0.3, -0.25) is 0 Å². The van der Waals surface area contributed by atoms with Crippen molar-refractivity contribution in [1.82, 2.24) is 0 Å². The molecule has 1 fully saturated rings. The molecule has 0 aromatic carbocycles. The predicted molar refractivity (Wildman–Crippen MR) is 76.9 cm³/mol. The van der Waals surface area contributed by atoms with Gasteiger partial charge in [0.15, 0.2) is 0 Å². The average molecular weight is 270 g/mol. The van der Waals surface area contributed by atoms with Crippen LogP contribution in [0.2, 0.25) is 0 Å². The topological polar surface area (TPSA) is 9.23 Å². The van der Waals surface area contributed by atoms with Gasteiger partial charge in [0.25, 0.3) is 0 Å². The molecular weight excluding hydrogens is 248 g/mol. The van der Waals surface area contributed by atoms with Gasteiger partial charge in [-0.25, -0.2) is 0 Å². The van der Waals surface area contributed by atoms with Crippen molar-refractivity contribution in [3.05, 3.63) is 0 Å². The standard InChI is InChI=1S/C9H22OP4/c1-2-3-4-8-7-10-6-5-9(8)14(12)13-11/h8-9,13H,2-7,11-12H2,1H3/t8-,9+,14?/m0/s1. The molecule has 6 atom stereocenters.